The zero-order valence-corrected chi connectivity index (χ0v) is 22.3. The van der Waals surface area contributed by atoms with E-state index in [1.807, 2.05) is 0 Å². The molecule has 0 radical (unpaired) electrons. The average Bonchev–Trinajstić information content (AvgIpc) is 3.56. The monoisotopic (exact) mass is 498 g/mol. The summed E-state index contributed by atoms with van der Waals surface area (Å²) >= 11 is 0. The number of aliphatic carboxylic acids is 1. The highest BCUT2D eigenvalue weighted by atomic mass is 16.5. The van der Waals surface area contributed by atoms with Gasteiger partial charge in [-0.3, -0.25) is 0 Å². The summed E-state index contributed by atoms with van der Waals surface area (Å²) in [6, 6.07) is 17.2. The normalized spacial score (nSPS) is 17.0. The molecule has 1 fully saturated rings. The van der Waals surface area contributed by atoms with Gasteiger partial charge in [0, 0.05) is 25.3 Å². The number of carboxylic acid groups (broad SMARTS) is 1. The second kappa shape index (κ2) is 10.2. The first-order chi connectivity index (χ1) is 17.8. The minimum atomic E-state index is -0.944. The molecule has 0 saturated heterocycles. The van der Waals surface area contributed by atoms with Gasteiger partial charge in [-0.05, 0) is 127 Å². The number of carboxylic acids is 1. The van der Waals surface area contributed by atoms with Crippen molar-refractivity contribution < 1.29 is 19.4 Å². The van der Waals surface area contributed by atoms with E-state index in [-0.39, 0.29) is 17.8 Å². The van der Waals surface area contributed by atoms with Gasteiger partial charge in [0.15, 0.2) is 0 Å². The van der Waals surface area contributed by atoms with Crippen molar-refractivity contribution in [3.05, 3.63) is 81.9 Å². The van der Waals surface area contributed by atoms with E-state index in [1.54, 1.807) is 7.11 Å². The molecule has 1 spiro atoms. The van der Waals surface area contributed by atoms with Crippen LogP contribution in [0.4, 0.5) is 5.69 Å². The summed E-state index contributed by atoms with van der Waals surface area (Å²) in [7, 11) is 1.68. The van der Waals surface area contributed by atoms with Crippen LogP contribution in [0.25, 0.3) is 11.1 Å². The van der Waals surface area contributed by atoms with E-state index in [2.05, 4.69) is 74.6 Å². The van der Waals surface area contributed by atoms with Crippen molar-refractivity contribution in [2.45, 2.75) is 58.9 Å². The van der Waals surface area contributed by atoms with E-state index in [0.717, 1.165) is 37.2 Å². The molecule has 2 aliphatic rings. The Morgan fingerprint density at radius 1 is 1.05 bits per heavy atom. The van der Waals surface area contributed by atoms with E-state index < -0.39 is 5.97 Å². The van der Waals surface area contributed by atoms with Gasteiger partial charge in [-0.15, -0.1) is 0 Å². The maximum atomic E-state index is 11.3. The topological polar surface area (TPSA) is 70.6 Å². The minimum Gasteiger partial charge on any atom is -0.550 e. The van der Waals surface area contributed by atoms with Crippen LogP contribution in [0.5, 0.6) is 5.75 Å². The fourth-order valence-corrected chi connectivity index (χ4v) is 6.24. The molecule has 3 aromatic carbocycles. The average molecular weight is 499 g/mol. The molecule has 1 N–H and O–H groups in total. The van der Waals surface area contributed by atoms with Crippen LogP contribution in [0.3, 0.4) is 0 Å². The summed E-state index contributed by atoms with van der Waals surface area (Å²) in [6.07, 6.45) is 3.35. The van der Waals surface area contributed by atoms with E-state index in [0.29, 0.717) is 13.2 Å². The number of rotatable bonds is 10. The van der Waals surface area contributed by atoms with E-state index in [9.17, 15) is 9.90 Å². The zero-order valence-electron chi connectivity index (χ0n) is 22.3. The highest BCUT2D eigenvalue weighted by molar-refractivity contribution is 5.75. The van der Waals surface area contributed by atoms with Gasteiger partial charge in [-0.2, -0.15) is 0 Å². The van der Waals surface area contributed by atoms with Gasteiger partial charge >= 0.3 is 0 Å². The minimum absolute atomic E-state index is 0.101. The molecular weight excluding hydrogens is 462 g/mol. The summed E-state index contributed by atoms with van der Waals surface area (Å²) in [4.78, 5) is 11.3. The Morgan fingerprint density at radius 2 is 1.81 bits per heavy atom. The van der Waals surface area contributed by atoms with Gasteiger partial charge in [0.1, 0.15) is 12.4 Å². The van der Waals surface area contributed by atoms with Crippen LogP contribution in [0.2, 0.25) is 0 Å². The first-order valence-electron chi connectivity index (χ1n) is 13.2. The van der Waals surface area contributed by atoms with Crippen LogP contribution in [-0.2, 0) is 22.5 Å². The molecule has 0 bridgehead atoms. The third-order valence-electron chi connectivity index (χ3n) is 8.32. The largest absolute Gasteiger partial charge is 0.550 e. The van der Waals surface area contributed by atoms with Crippen molar-refractivity contribution in [1.29, 1.82) is 0 Å². The summed E-state index contributed by atoms with van der Waals surface area (Å²) in [5, 5.41) is 15.0. The molecule has 1 unspecified atom stereocenters. The molecular formula is C32H36NO4-. The lowest BCUT2D eigenvalue weighted by molar-refractivity contribution is -0.306. The van der Waals surface area contributed by atoms with Gasteiger partial charge in [-0.1, -0.05) is 24.3 Å². The molecule has 0 aromatic heterocycles. The van der Waals surface area contributed by atoms with E-state index >= 15 is 0 Å². The Morgan fingerprint density at radius 3 is 2.49 bits per heavy atom. The van der Waals surface area contributed by atoms with Crippen LogP contribution in [0, 0.1) is 26.2 Å². The Labute approximate surface area is 219 Å². The fourth-order valence-electron chi connectivity index (χ4n) is 6.24. The van der Waals surface area contributed by atoms with Gasteiger partial charge in [0.25, 0.3) is 0 Å². The third-order valence-corrected chi connectivity index (χ3v) is 8.32. The first kappa shape index (κ1) is 25.3. The molecule has 5 nitrogen and oxygen atoms in total. The highest BCUT2D eigenvalue weighted by Gasteiger charge is 2.53. The second-order valence-corrected chi connectivity index (χ2v) is 10.8. The van der Waals surface area contributed by atoms with Crippen LogP contribution in [0.15, 0.2) is 48.5 Å². The first-order valence-corrected chi connectivity index (χ1v) is 13.2. The van der Waals surface area contributed by atoms with Crippen molar-refractivity contribution in [1.82, 2.24) is 0 Å². The van der Waals surface area contributed by atoms with Crippen molar-refractivity contribution in [3.63, 3.8) is 0 Å². The lowest BCUT2D eigenvalue weighted by Gasteiger charge is -2.20. The molecule has 5 heteroatoms. The maximum Gasteiger partial charge on any atom is 0.119 e. The van der Waals surface area contributed by atoms with Crippen LogP contribution in [-0.4, -0.2) is 26.3 Å². The maximum absolute atomic E-state index is 11.3. The zero-order chi connectivity index (χ0) is 26.2. The fraction of sp³-hybridized carbons (Fsp3) is 0.406. The summed E-state index contributed by atoms with van der Waals surface area (Å²) in [6.45, 7) is 8.30. The van der Waals surface area contributed by atoms with E-state index in [1.165, 1.54) is 44.5 Å². The quantitative estimate of drug-likeness (QED) is 0.375. The summed E-state index contributed by atoms with van der Waals surface area (Å²) < 4.78 is 10.9. The van der Waals surface area contributed by atoms with Crippen LogP contribution >= 0.6 is 0 Å². The van der Waals surface area contributed by atoms with Gasteiger partial charge < -0.3 is 24.7 Å². The Balaban J connectivity index is 1.33. The number of nitrogens with one attached hydrogen (secondary N) is 1. The lowest BCUT2D eigenvalue weighted by Crippen LogP contribution is -2.26. The number of benzene rings is 3. The Kier molecular flexibility index (Phi) is 7.00. The summed E-state index contributed by atoms with van der Waals surface area (Å²) in [5.74, 6) is 0.0295. The number of methoxy groups -OCH3 is 1. The predicted octanol–water partition coefficient (Wildman–Crippen LogP) is 5.48. The van der Waals surface area contributed by atoms with E-state index in [4.69, 9.17) is 9.47 Å². The molecule has 0 amide bonds. The number of anilines is 1. The van der Waals surface area contributed by atoms with Crippen LogP contribution < -0.4 is 15.2 Å². The van der Waals surface area contributed by atoms with Gasteiger partial charge in [0.05, 0.1) is 6.61 Å². The molecule has 194 valence electrons. The van der Waals surface area contributed by atoms with Crippen molar-refractivity contribution in [3.8, 4) is 16.9 Å². The molecule has 37 heavy (non-hydrogen) atoms. The highest BCUT2D eigenvalue weighted by Crippen LogP contribution is 2.64. The third kappa shape index (κ3) is 5.10. The smallest absolute Gasteiger partial charge is 0.119 e. The number of hydrogen-bond donors (Lipinski definition) is 1. The molecule has 3 aromatic rings. The standard InChI is InChI=1S/C32H37NO4/c1-20-14-26(37-13-12-36-4)15-21(2)31(20)27-7-5-6-23(22(27)3)19-33-25-8-9-28-24(16-25)18-32(10-11-32)29(28)17-30(34)35/h5-9,14-16,29,33H,10-13,17-19H2,1-4H3,(H,34,35)/p-1. The Bertz CT molecular complexity index is 1300. The molecule has 1 atom stereocenters. The van der Waals surface area contributed by atoms with Gasteiger partial charge in [0.2, 0.25) is 0 Å². The SMILES string of the molecule is COCCOc1cc(C)c(-c2cccc(CNc3ccc4c(c3)CC3(CC3)C4CC(=O)[O-])c2C)c(C)c1. The molecule has 0 aliphatic heterocycles. The number of aryl methyl sites for hydroxylation is 2. The van der Waals surface area contributed by atoms with Gasteiger partial charge in [-0.25, -0.2) is 0 Å². The second-order valence-electron chi connectivity index (χ2n) is 10.8. The molecule has 5 rings (SSSR count). The molecule has 2 aliphatic carbocycles. The van der Waals surface area contributed by atoms with Crippen molar-refractivity contribution >= 4 is 11.7 Å². The Hall–Kier alpha value is -3.31. The predicted molar refractivity (Wildman–Crippen MR) is 145 cm³/mol. The van der Waals surface area contributed by atoms with Crippen LogP contribution in [0.1, 0.15) is 58.6 Å². The van der Waals surface area contributed by atoms with Crippen molar-refractivity contribution in [2.75, 3.05) is 25.6 Å². The molecule has 0 heterocycles. The number of carbonyl (C=O) groups is 1. The lowest BCUT2D eigenvalue weighted by atomic mass is 9.87. The number of carbonyl (C=O) groups excluding carboxylic acids is 1. The molecule has 1 saturated carbocycles. The summed E-state index contributed by atoms with van der Waals surface area (Å²) in [5.41, 5.74) is 11.1. The number of ether oxygens (including phenoxy) is 2. The number of hydrogen-bond acceptors (Lipinski definition) is 5. The number of fused-ring (bicyclic) bond motifs is 1. The van der Waals surface area contributed by atoms with Crippen molar-refractivity contribution in [2.24, 2.45) is 5.41 Å².